The highest BCUT2D eigenvalue weighted by Gasteiger charge is 2.32. The fourth-order valence-corrected chi connectivity index (χ4v) is 13.8. The number of ether oxygens (including phenoxy) is 4. The first kappa shape index (κ1) is 55.8. The highest BCUT2D eigenvalue weighted by molar-refractivity contribution is 9.10. The van der Waals surface area contributed by atoms with E-state index in [1.54, 1.807) is 90.1 Å². The predicted molar refractivity (Wildman–Crippen MR) is 319 cm³/mol. The summed E-state index contributed by atoms with van der Waals surface area (Å²) < 4.78 is 82.0. The molecule has 3 saturated heterocycles. The summed E-state index contributed by atoms with van der Waals surface area (Å²) in [5.74, 6) is 0.410. The fraction of sp³-hybridized carbons (Fsp3) is 0.258. The highest BCUT2D eigenvalue weighted by Crippen LogP contribution is 2.40. The van der Waals surface area contributed by atoms with Crippen molar-refractivity contribution < 1.29 is 40.6 Å². The smallest absolute Gasteiger partial charge is 0.410 e. The molecule has 9 aromatic rings. The van der Waals surface area contributed by atoms with Gasteiger partial charge >= 0.3 is 6.09 Å². The van der Waals surface area contributed by atoms with Gasteiger partial charge in [0, 0.05) is 78.2 Å². The molecule has 0 spiro atoms. The Kier molecular flexibility index (Phi) is 16.0. The van der Waals surface area contributed by atoms with E-state index < -0.39 is 25.6 Å². The van der Waals surface area contributed by atoms with Gasteiger partial charge in [-0.15, -0.1) is 0 Å². The van der Waals surface area contributed by atoms with Crippen LogP contribution in [0.2, 0.25) is 0 Å². The van der Waals surface area contributed by atoms with E-state index in [9.17, 15) is 26.9 Å². The summed E-state index contributed by atoms with van der Waals surface area (Å²) in [6.07, 6.45) is 3.11. The van der Waals surface area contributed by atoms with Crippen LogP contribution in [0, 0.1) is 11.3 Å². The molecular formula is C62H59BrN8O9S2. The minimum Gasteiger partial charge on any atom is -0.487 e. The van der Waals surface area contributed by atoms with Gasteiger partial charge in [0.1, 0.15) is 23.5 Å². The molecule has 1 amide bonds. The molecule has 0 saturated carbocycles. The lowest BCUT2D eigenvalue weighted by Crippen LogP contribution is -2.36. The third kappa shape index (κ3) is 11.6. The molecular weight excluding hydrogens is 1140 g/mol. The number of aromatic nitrogens is 4. The molecule has 0 bridgehead atoms. The van der Waals surface area contributed by atoms with Crippen molar-refractivity contribution in [2.75, 3.05) is 75.5 Å². The van der Waals surface area contributed by atoms with E-state index in [0.29, 0.717) is 96.4 Å². The lowest BCUT2D eigenvalue weighted by Gasteiger charge is -2.28. The Bertz CT molecular complexity index is 4060. The lowest BCUT2D eigenvalue weighted by atomic mass is 10.0. The largest absolute Gasteiger partial charge is 0.487 e. The molecule has 20 heteroatoms. The zero-order chi connectivity index (χ0) is 57.2. The number of anilines is 2. The predicted octanol–water partition coefficient (Wildman–Crippen LogP) is 11.2. The lowest BCUT2D eigenvalue weighted by molar-refractivity contribution is 0.0275. The summed E-state index contributed by atoms with van der Waals surface area (Å²) in [6, 6.07) is 47.6. The molecule has 0 aliphatic carbocycles. The van der Waals surface area contributed by atoms with Gasteiger partial charge in [-0.05, 0) is 144 Å². The number of benzene rings is 5. The standard InChI is InChI=1S/C39H39N5O6S.C23H20BrN3O3S/c1-39(2,3)50-38(45)43-18-16-31(26-43)49-36-14-11-28(23-29(36)25-40)33-15-17-41-37-34(33)24-35(44(37)51(46,47)32-7-5-4-6-8-32)27-9-12-30(13-10-27)42-19-21-48-22-20-42;24-21-10-11-25-23-20(21)16-22(27(23)31(28,29)19-4-2-1-3-5-19)17-6-8-18(9-7-17)26-12-14-30-15-13-26/h4-15,17,23-24,31H,16,18-22,26H2,1-3H3;1-11,16H,12-15H2/t31-;/m0./s1. The highest BCUT2D eigenvalue weighted by atomic mass is 79.9. The van der Waals surface area contributed by atoms with Crippen molar-refractivity contribution in [3.05, 3.63) is 174 Å². The van der Waals surface area contributed by atoms with Crippen LogP contribution in [-0.4, -0.2) is 123 Å². The Morgan fingerprint density at radius 3 is 1.62 bits per heavy atom. The number of amides is 1. The van der Waals surface area contributed by atoms with Crippen LogP contribution in [-0.2, 0) is 34.3 Å². The fourth-order valence-electron chi connectivity index (χ4n) is 10.4. The average Bonchev–Trinajstić information content (AvgIpc) is 3.86. The molecule has 12 rings (SSSR count). The topological polar surface area (TPSA) is 191 Å². The quantitative estimate of drug-likeness (QED) is 0.119. The van der Waals surface area contributed by atoms with E-state index in [4.69, 9.17) is 18.9 Å². The van der Waals surface area contributed by atoms with Crippen molar-refractivity contribution in [3.63, 3.8) is 0 Å². The maximum absolute atomic E-state index is 14.3. The average molecular weight is 1200 g/mol. The Labute approximate surface area is 485 Å². The van der Waals surface area contributed by atoms with Gasteiger partial charge in [0.2, 0.25) is 0 Å². The number of hydrogen-bond donors (Lipinski definition) is 0. The van der Waals surface area contributed by atoms with Crippen LogP contribution >= 0.6 is 15.9 Å². The maximum Gasteiger partial charge on any atom is 0.410 e. The summed E-state index contributed by atoms with van der Waals surface area (Å²) in [5.41, 5.74) is 6.52. The van der Waals surface area contributed by atoms with Crippen molar-refractivity contribution >= 4 is 75.5 Å². The monoisotopic (exact) mass is 1200 g/mol. The number of morpholine rings is 2. The molecule has 1 atom stereocenters. The summed E-state index contributed by atoms with van der Waals surface area (Å²) >= 11 is 3.54. The van der Waals surface area contributed by atoms with Crippen molar-refractivity contribution in [1.82, 2.24) is 22.8 Å². The van der Waals surface area contributed by atoms with Crippen LogP contribution in [0.4, 0.5) is 16.2 Å². The van der Waals surface area contributed by atoms with Gasteiger partial charge in [-0.3, -0.25) is 0 Å². The van der Waals surface area contributed by atoms with Gasteiger partial charge in [0.05, 0.1) is 59.7 Å². The van der Waals surface area contributed by atoms with Crippen molar-refractivity contribution in [2.45, 2.75) is 48.7 Å². The Balaban J connectivity index is 0.000000194. The molecule has 0 unspecified atom stereocenters. The summed E-state index contributed by atoms with van der Waals surface area (Å²) in [5, 5.41) is 11.5. The van der Waals surface area contributed by atoms with Gasteiger partial charge in [-0.2, -0.15) is 5.26 Å². The Morgan fingerprint density at radius 1 is 0.622 bits per heavy atom. The van der Waals surface area contributed by atoms with E-state index in [1.165, 1.54) is 7.94 Å². The number of rotatable bonds is 11. The van der Waals surface area contributed by atoms with E-state index in [2.05, 4.69) is 41.8 Å². The normalized spacial score (nSPS) is 15.9. The van der Waals surface area contributed by atoms with Gasteiger partial charge in [0.15, 0.2) is 11.3 Å². The molecule has 3 aliphatic rings. The number of nitriles is 1. The number of nitrogens with zero attached hydrogens (tertiary/aromatic N) is 8. The van der Waals surface area contributed by atoms with Crippen molar-refractivity contribution in [3.8, 4) is 45.5 Å². The maximum atomic E-state index is 14.3. The van der Waals surface area contributed by atoms with Gasteiger partial charge in [-0.25, -0.2) is 39.5 Å². The van der Waals surface area contributed by atoms with Crippen molar-refractivity contribution in [1.29, 1.82) is 5.26 Å². The van der Waals surface area contributed by atoms with Gasteiger partial charge in [0.25, 0.3) is 20.0 Å². The molecule has 82 heavy (non-hydrogen) atoms. The Hall–Kier alpha value is -8.06. The third-order valence-electron chi connectivity index (χ3n) is 14.4. The van der Waals surface area contributed by atoms with Gasteiger partial charge in [-0.1, -0.05) is 66.7 Å². The van der Waals surface area contributed by atoms with Crippen LogP contribution < -0.4 is 14.5 Å². The van der Waals surface area contributed by atoms with E-state index in [0.717, 1.165) is 53.0 Å². The van der Waals surface area contributed by atoms with E-state index in [1.807, 2.05) is 99.6 Å². The molecule has 0 radical (unpaired) electrons. The first-order valence-corrected chi connectivity index (χ1v) is 30.6. The molecule has 7 heterocycles. The summed E-state index contributed by atoms with van der Waals surface area (Å²) in [6.45, 7) is 12.3. The number of hydrogen-bond acceptors (Lipinski definition) is 14. The molecule has 17 nitrogen and oxygen atoms in total. The number of fused-ring (bicyclic) bond motifs is 2. The van der Waals surface area contributed by atoms with Crippen LogP contribution in [0.1, 0.15) is 32.8 Å². The summed E-state index contributed by atoms with van der Waals surface area (Å²) in [4.78, 5) is 28.1. The van der Waals surface area contributed by atoms with Crippen LogP contribution in [0.5, 0.6) is 5.75 Å². The molecule has 3 aliphatic heterocycles. The van der Waals surface area contributed by atoms with Crippen molar-refractivity contribution in [2.24, 2.45) is 0 Å². The molecule has 4 aromatic heterocycles. The number of carbonyl (C=O) groups excluding carboxylic acids is 1. The number of carbonyl (C=O) groups is 1. The second-order valence-corrected chi connectivity index (χ2v) is 25.3. The van der Waals surface area contributed by atoms with Gasteiger partial charge < -0.3 is 33.6 Å². The minimum absolute atomic E-state index is 0.145. The molecule has 0 N–H and O–H groups in total. The zero-order valence-electron chi connectivity index (χ0n) is 45.4. The van der Waals surface area contributed by atoms with E-state index in [-0.39, 0.29) is 27.6 Å². The second-order valence-electron chi connectivity index (χ2n) is 20.9. The zero-order valence-corrected chi connectivity index (χ0v) is 48.6. The van der Waals surface area contributed by atoms with Crippen LogP contribution in [0.25, 0.3) is 55.7 Å². The third-order valence-corrected chi connectivity index (χ3v) is 18.5. The first-order valence-electron chi connectivity index (χ1n) is 26.9. The number of pyridine rings is 2. The molecule has 5 aromatic carbocycles. The van der Waals surface area contributed by atoms with Crippen LogP contribution in [0.3, 0.4) is 0 Å². The number of likely N-dealkylation sites (tertiary alicyclic amines) is 1. The SMILES string of the molecule is CC(C)(C)OC(=O)N1CC[C@H](Oc2ccc(-c3ccnc4c3cc(-c3ccc(N5CCOCC5)cc3)n4S(=O)(=O)c3ccccc3)cc2C#N)C1.O=S(=O)(c1ccccc1)n1c(-c2ccc(N3CCOCC3)cc2)cc2c(Br)ccnc21. The second kappa shape index (κ2) is 23.4. The molecule has 3 fully saturated rings. The minimum atomic E-state index is -4.07. The summed E-state index contributed by atoms with van der Waals surface area (Å²) in [7, 11) is -7.91. The van der Waals surface area contributed by atoms with E-state index >= 15 is 0 Å². The van der Waals surface area contributed by atoms with Crippen LogP contribution in [0.15, 0.2) is 178 Å². The number of halogens is 1. The Morgan fingerprint density at radius 2 is 1.11 bits per heavy atom. The first-order chi connectivity index (χ1) is 39.6. The molecule has 420 valence electrons.